The van der Waals surface area contributed by atoms with Gasteiger partial charge in [0.2, 0.25) is 0 Å². The fraction of sp³-hybridized carbons (Fsp3) is 0.0870. The lowest BCUT2D eigenvalue weighted by Gasteiger charge is -2.32. The molecule has 3 heterocycles. The van der Waals surface area contributed by atoms with Crippen LogP contribution in [-0.4, -0.2) is 17.7 Å². The van der Waals surface area contributed by atoms with Crippen LogP contribution in [0.25, 0.3) is 16.5 Å². The van der Waals surface area contributed by atoms with Gasteiger partial charge >= 0.3 is 0 Å². The summed E-state index contributed by atoms with van der Waals surface area (Å²) in [5.74, 6) is 0.675. The number of fused-ring (bicyclic) bond motifs is 2. The van der Waals surface area contributed by atoms with E-state index in [9.17, 15) is 4.39 Å². The molecule has 0 saturated carbocycles. The summed E-state index contributed by atoms with van der Waals surface area (Å²) in [7, 11) is 0. The minimum atomic E-state index is -0.233. The van der Waals surface area contributed by atoms with Crippen LogP contribution in [0.5, 0.6) is 0 Å². The number of furan rings is 1. The Hall–Kier alpha value is -3.40. The summed E-state index contributed by atoms with van der Waals surface area (Å²) < 4.78 is 18.7. The summed E-state index contributed by atoms with van der Waals surface area (Å²) in [5.41, 5.74) is 5.28. The van der Waals surface area contributed by atoms with Crippen molar-refractivity contribution >= 4 is 22.8 Å². The third-order valence-corrected chi connectivity index (χ3v) is 4.94. The number of halogens is 1. The Morgan fingerprint density at radius 2 is 1.96 bits per heavy atom. The maximum atomic E-state index is 13.3. The predicted molar refractivity (Wildman–Crippen MR) is 106 cm³/mol. The first-order chi connectivity index (χ1) is 13.3. The first-order valence-electron chi connectivity index (χ1n) is 8.91. The molecule has 2 aromatic carbocycles. The van der Waals surface area contributed by atoms with Gasteiger partial charge in [-0.1, -0.05) is 30.4 Å². The number of aliphatic imine (C=N–C) groups is 1. The summed E-state index contributed by atoms with van der Waals surface area (Å²) in [6, 6.07) is 14.8. The van der Waals surface area contributed by atoms with Crippen molar-refractivity contribution in [1.82, 2.24) is 4.90 Å². The fourth-order valence-electron chi connectivity index (χ4n) is 3.60. The molecule has 0 spiro atoms. The smallest absolute Gasteiger partial charge is 0.140 e. The zero-order valence-corrected chi connectivity index (χ0v) is 14.6. The Morgan fingerprint density at radius 3 is 2.85 bits per heavy atom. The molecule has 0 fully saturated rings. The van der Waals surface area contributed by atoms with E-state index in [0.717, 1.165) is 40.9 Å². The highest BCUT2D eigenvalue weighted by Gasteiger charge is 2.22. The van der Waals surface area contributed by atoms with Crippen molar-refractivity contribution in [2.24, 2.45) is 4.99 Å². The van der Waals surface area contributed by atoms with Gasteiger partial charge in [0.05, 0.1) is 6.26 Å². The molecule has 3 nitrogen and oxygen atoms in total. The van der Waals surface area contributed by atoms with E-state index in [1.165, 1.54) is 23.4 Å². The molecule has 0 amide bonds. The quantitative estimate of drug-likeness (QED) is 0.635. The number of hydrogen-bond donors (Lipinski definition) is 0. The molecular formula is C23H17FN2O. The molecule has 0 aliphatic carbocycles. The molecular weight excluding hydrogens is 339 g/mol. The van der Waals surface area contributed by atoms with E-state index >= 15 is 0 Å². The van der Waals surface area contributed by atoms with Crippen LogP contribution >= 0.6 is 0 Å². The van der Waals surface area contributed by atoms with Crippen molar-refractivity contribution in [3.63, 3.8) is 0 Å². The molecule has 2 aliphatic heterocycles. The third kappa shape index (κ3) is 2.89. The largest absolute Gasteiger partial charge is 0.464 e. The van der Waals surface area contributed by atoms with Gasteiger partial charge in [0.1, 0.15) is 17.2 Å². The van der Waals surface area contributed by atoms with Crippen molar-refractivity contribution < 1.29 is 8.81 Å². The van der Waals surface area contributed by atoms with E-state index < -0.39 is 0 Å². The lowest BCUT2D eigenvalue weighted by atomic mass is 10.00. The zero-order valence-electron chi connectivity index (χ0n) is 14.6. The molecule has 0 bridgehead atoms. The summed E-state index contributed by atoms with van der Waals surface area (Å²) >= 11 is 0. The van der Waals surface area contributed by atoms with E-state index in [1.54, 1.807) is 18.4 Å². The minimum Gasteiger partial charge on any atom is -0.464 e. The van der Waals surface area contributed by atoms with Gasteiger partial charge < -0.3 is 9.32 Å². The van der Waals surface area contributed by atoms with Crippen LogP contribution in [0.2, 0.25) is 0 Å². The van der Waals surface area contributed by atoms with Crippen LogP contribution in [0.3, 0.4) is 0 Å². The van der Waals surface area contributed by atoms with Gasteiger partial charge in [-0.3, -0.25) is 0 Å². The van der Waals surface area contributed by atoms with E-state index in [2.05, 4.69) is 40.3 Å². The molecule has 4 heteroatoms. The average molecular weight is 356 g/mol. The Kier molecular flexibility index (Phi) is 3.75. The number of rotatable bonds is 3. The zero-order chi connectivity index (χ0) is 18.2. The van der Waals surface area contributed by atoms with E-state index in [-0.39, 0.29) is 5.82 Å². The summed E-state index contributed by atoms with van der Waals surface area (Å²) in [5, 5.41) is 1.11. The predicted octanol–water partition coefficient (Wildman–Crippen LogP) is 5.32. The first-order valence-corrected chi connectivity index (χ1v) is 8.91. The van der Waals surface area contributed by atoms with Gasteiger partial charge in [-0.15, -0.1) is 0 Å². The minimum absolute atomic E-state index is 0.233. The van der Waals surface area contributed by atoms with Crippen molar-refractivity contribution in [3.8, 4) is 0 Å². The van der Waals surface area contributed by atoms with Gasteiger partial charge in [0, 0.05) is 35.8 Å². The Labute approximate surface area is 156 Å². The molecule has 0 N–H and O–H groups in total. The van der Waals surface area contributed by atoms with Gasteiger partial charge in [-0.25, -0.2) is 9.38 Å². The highest BCUT2D eigenvalue weighted by Crippen LogP contribution is 2.32. The van der Waals surface area contributed by atoms with Gasteiger partial charge in [0.15, 0.2) is 0 Å². The van der Waals surface area contributed by atoms with Gasteiger partial charge in [0.25, 0.3) is 0 Å². The van der Waals surface area contributed by atoms with Crippen LogP contribution in [0, 0.1) is 5.82 Å². The molecule has 1 aromatic heterocycles. The van der Waals surface area contributed by atoms with Gasteiger partial charge in [-0.2, -0.15) is 0 Å². The highest BCUT2D eigenvalue weighted by molar-refractivity contribution is 5.83. The Balaban J connectivity index is 1.49. The van der Waals surface area contributed by atoms with Crippen LogP contribution in [0.15, 0.2) is 93.9 Å². The molecule has 0 atom stereocenters. The first kappa shape index (κ1) is 15.8. The SMILES string of the molecule is Fc1ccc(C2=C3N=CC=C(Cc4ccc5occc5c4)N3CC=C2)cc1. The molecule has 0 radical (unpaired) electrons. The highest BCUT2D eigenvalue weighted by atomic mass is 19.1. The molecule has 132 valence electrons. The van der Waals surface area contributed by atoms with Crippen LogP contribution in [0.1, 0.15) is 11.1 Å². The molecule has 3 aromatic rings. The summed E-state index contributed by atoms with van der Waals surface area (Å²) in [6.45, 7) is 0.775. The molecule has 2 aliphatic rings. The number of hydrogen-bond acceptors (Lipinski definition) is 3. The second-order valence-corrected chi connectivity index (χ2v) is 6.66. The number of benzene rings is 2. The lowest BCUT2D eigenvalue weighted by molar-refractivity contribution is 0.451. The van der Waals surface area contributed by atoms with Crippen molar-refractivity contribution in [2.75, 3.05) is 6.54 Å². The topological polar surface area (TPSA) is 28.7 Å². The average Bonchev–Trinajstić information content (AvgIpc) is 3.16. The molecule has 5 rings (SSSR count). The van der Waals surface area contributed by atoms with Crippen LogP contribution in [0.4, 0.5) is 4.39 Å². The van der Waals surface area contributed by atoms with Crippen molar-refractivity contribution in [1.29, 1.82) is 0 Å². The number of nitrogens with zero attached hydrogens (tertiary/aromatic N) is 2. The van der Waals surface area contributed by atoms with Gasteiger partial charge in [-0.05, 0) is 47.5 Å². The van der Waals surface area contributed by atoms with E-state index in [1.807, 2.05) is 18.3 Å². The molecule has 0 saturated heterocycles. The maximum Gasteiger partial charge on any atom is 0.140 e. The van der Waals surface area contributed by atoms with Crippen LogP contribution < -0.4 is 0 Å². The number of allylic oxidation sites excluding steroid dienone is 4. The van der Waals surface area contributed by atoms with E-state index in [0.29, 0.717) is 0 Å². The Bertz CT molecular complexity index is 1130. The third-order valence-electron chi connectivity index (χ3n) is 4.94. The molecule has 0 unspecified atom stereocenters. The van der Waals surface area contributed by atoms with E-state index in [4.69, 9.17) is 4.42 Å². The summed E-state index contributed by atoms with van der Waals surface area (Å²) in [4.78, 5) is 6.83. The fourth-order valence-corrected chi connectivity index (χ4v) is 3.60. The van der Waals surface area contributed by atoms with Crippen molar-refractivity contribution in [3.05, 3.63) is 101 Å². The Morgan fingerprint density at radius 1 is 1.07 bits per heavy atom. The van der Waals surface area contributed by atoms with Crippen LogP contribution in [-0.2, 0) is 6.42 Å². The monoisotopic (exact) mass is 356 g/mol. The maximum absolute atomic E-state index is 13.3. The lowest BCUT2D eigenvalue weighted by Crippen LogP contribution is -2.28. The molecule has 27 heavy (non-hydrogen) atoms. The second-order valence-electron chi connectivity index (χ2n) is 6.66. The normalized spacial score (nSPS) is 16.0. The van der Waals surface area contributed by atoms with Crippen molar-refractivity contribution in [2.45, 2.75) is 6.42 Å². The second kappa shape index (κ2) is 6.40. The standard InChI is InChI=1S/C23H17FN2O/c24-19-6-4-17(5-7-19)21-2-1-12-26-20(9-11-25-23(21)26)15-16-3-8-22-18(14-16)10-13-27-22/h1-11,13-14H,12,15H2. The summed E-state index contributed by atoms with van der Waals surface area (Å²) in [6.07, 6.45) is 10.6.